The second kappa shape index (κ2) is 5.47. The Bertz CT molecular complexity index is 607. The van der Waals surface area contributed by atoms with Crippen LogP contribution in [-0.2, 0) is 13.2 Å². The smallest absolute Gasteiger partial charge is 0.378 e. The molecule has 0 saturated carbocycles. The van der Waals surface area contributed by atoms with Crippen LogP contribution in [0.15, 0.2) is 35.1 Å². The van der Waals surface area contributed by atoms with Gasteiger partial charge in [-0.2, -0.15) is 18.3 Å². The highest BCUT2D eigenvalue weighted by atomic mass is 79.9. The van der Waals surface area contributed by atoms with Crippen LogP contribution in [0.25, 0.3) is 0 Å². The van der Waals surface area contributed by atoms with Gasteiger partial charge in [-0.1, -0.05) is 15.9 Å². The van der Waals surface area contributed by atoms with Gasteiger partial charge < -0.3 is 5.32 Å². The second-order valence-corrected chi connectivity index (χ2v) is 5.42. The molecule has 1 atom stereocenters. The number of rotatable bonds is 3. The van der Waals surface area contributed by atoms with Gasteiger partial charge >= 0.3 is 6.18 Å². The summed E-state index contributed by atoms with van der Waals surface area (Å²) in [6.07, 6.45) is -1.01. The van der Waals surface area contributed by atoms with Crippen LogP contribution in [0, 0.1) is 0 Å². The van der Waals surface area contributed by atoms with Gasteiger partial charge in [-0.3, -0.25) is 4.68 Å². The lowest BCUT2D eigenvalue weighted by atomic mass is 10.1. The topological polar surface area (TPSA) is 29.9 Å². The van der Waals surface area contributed by atoms with E-state index in [0.29, 0.717) is 4.47 Å². The van der Waals surface area contributed by atoms with E-state index in [-0.39, 0.29) is 11.7 Å². The number of anilines is 1. The first kappa shape index (κ1) is 14.9. The molecule has 0 aliphatic carbocycles. The van der Waals surface area contributed by atoms with Crippen LogP contribution in [0.5, 0.6) is 0 Å². The molecule has 20 heavy (non-hydrogen) atoms. The number of nitrogens with one attached hydrogen (secondary N) is 1. The molecule has 2 rings (SSSR count). The Kier molecular flexibility index (Phi) is 4.08. The van der Waals surface area contributed by atoms with Crippen molar-refractivity contribution >= 4 is 21.6 Å². The predicted molar refractivity (Wildman–Crippen MR) is 74.4 cm³/mol. The number of nitrogens with zero attached hydrogens (tertiary/aromatic N) is 2. The van der Waals surface area contributed by atoms with Crippen molar-refractivity contribution in [1.82, 2.24) is 9.78 Å². The summed E-state index contributed by atoms with van der Waals surface area (Å²) < 4.78 is 41.0. The molecule has 0 aliphatic heterocycles. The molecule has 1 heterocycles. The van der Waals surface area contributed by atoms with Crippen molar-refractivity contribution in [3.63, 3.8) is 0 Å². The lowest BCUT2D eigenvalue weighted by Crippen LogP contribution is -2.13. The average Bonchev–Trinajstić information content (AvgIpc) is 2.77. The lowest BCUT2D eigenvalue weighted by Gasteiger charge is -2.19. The van der Waals surface area contributed by atoms with Crippen LogP contribution in [0.4, 0.5) is 18.9 Å². The number of benzene rings is 1. The Labute approximate surface area is 122 Å². The number of aryl methyl sites for hydroxylation is 1. The maximum absolute atomic E-state index is 13.0. The van der Waals surface area contributed by atoms with E-state index in [1.54, 1.807) is 37.1 Å². The van der Waals surface area contributed by atoms with Crippen LogP contribution in [0.1, 0.15) is 24.1 Å². The lowest BCUT2D eigenvalue weighted by molar-refractivity contribution is -0.137. The summed E-state index contributed by atoms with van der Waals surface area (Å²) in [5.41, 5.74) is 0.184. The van der Waals surface area contributed by atoms with Gasteiger partial charge in [0.1, 0.15) is 0 Å². The number of hydrogen-bond acceptors (Lipinski definition) is 2. The maximum Gasteiger partial charge on any atom is 0.418 e. The van der Waals surface area contributed by atoms with Crippen molar-refractivity contribution in [3.05, 3.63) is 46.2 Å². The van der Waals surface area contributed by atoms with Crippen LogP contribution < -0.4 is 5.32 Å². The van der Waals surface area contributed by atoms with E-state index in [2.05, 4.69) is 26.3 Å². The van der Waals surface area contributed by atoms with Crippen molar-refractivity contribution in [2.45, 2.75) is 19.1 Å². The Morgan fingerprint density at radius 2 is 2.05 bits per heavy atom. The van der Waals surface area contributed by atoms with Gasteiger partial charge in [0.25, 0.3) is 0 Å². The van der Waals surface area contributed by atoms with Crippen LogP contribution in [0.2, 0.25) is 0 Å². The monoisotopic (exact) mass is 347 g/mol. The van der Waals surface area contributed by atoms with Gasteiger partial charge in [-0.05, 0) is 25.1 Å². The summed E-state index contributed by atoms with van der Waals surface area (Å²) in [6.45, 7) is 1.79. The van der Waals surface area contributed by atoms with Gasteiger partial charge in [0.05, 0.1) is 17.8 Å². The highest BCUT2D eigenvalue weighted by Gasteiger charge is 2.34. The fourth-order valence-electron chi connectivity index (χ4n) is 1.86. The van der Waals surface area contributed by atoms with Gasteiger partial charge in [0, 0.05) is 29.0 Å². The van der Waals surface area contributed by atoms with E-state index >= 15 is 0 Å². The molecule has 0 bridgehead atoms. The van der Waals surface area contributed by atoms with Crippen molar-refractivity contribution in [3.8, 4) is 0 Å². The summed E-state index contributed by atoms with van der Waals surface area (Å²) in [5.74, 6) is 0. The highest BCUT2D eigenvalue weighted by molar-refractivity contribution is 9.10. The van der Waals surface area contributed by atoms with E-state index in [1.807, 2.05) is 0 Å². The molecular weight excluding hydrogens is 335 g/mol. The fraction of sp³-hybridized carbons (Fsp3) is 0.308. The molecule has 2 aromatic rings. The van der Waals surface area contributed by atoms with Crippen molar-refractivity contribution in [2.75, 3.05) is 5.32 Å². The first-order valence-electron chi connectivity index (χ1n) is 5.89. The summed E-state index contributed by atoms with van der Waals surface area (Å²) >= 11 is 3.06. The van der Waals surface area contributed by atoms with Crippen LogP contribution >= 0.6 is 15.9 Å². The second-order valence-electron chi connectivity index (χ2n) is 4.50. The number of aromatic nitrogens is 2. The SMILES string of the molecule is CC(Nc1ccc(Br)cc1C(F)(F)F)c1cnn(C)c1. The minimum absolute atomic E-state index is 0.0528. The third-order valence-electron chi connectivity index (χ3n) is 2.88. The Morgan fingerprint density at radius 1 is 1.35 bits per heavy atom. The minimum atomic E-state index is -4.40. The van der Waals surface area contributed by atoms with E-state index in [0.717, 1.165) is 11.6 Å². The molecule has 7 heteroatoms. The number of hydrogen-bond donors (Lipinski definition) is 1. The Hall–Kier alpha value is -1.50. The summed E-state index contributed by atoms with van der Waals surface area (Å²) in [5, 5.41) is 6.89. The molecule has 1 unspecified atom stereocenters. The van der Waals surface area contributed by atoms with Crippen molar-refractivity contribution < 1.29 is 13.2 Å². The number of halogens is 4. The largest absolute Gasteiger partial charge is 0.418 e. The number of alkyl halides is 3. The van der Waals surface area contributed by atoms with E-state index in [9.17, 15) is 13.2 Å². The van der Waals surface area contributed by atoms with E-state index < -0.39 is 11.7 Å². The Balaban J connectivity index is 2.29. The zero-order valence-corrected chi connectivity index (χ0v) is 12.5. The van der Waals surface area contributed by atoms with Gasteiger partial charge in [0.2, 0.25) is 0 Å². The molecule has 1 aromatic carbocycles. The quantitative estimate of drug-likeness (QED) is 0.893. The molecule has 0 fully saturated rings. The minimum Gasteiger partial charge on any atom is -0.378 e. The molecule has 1 aromatic heterocycles. The molecule has 0 saturated heterocycles. The van der Waals surface area contributed by atoms with E-state index in [1.165, 1.54) is 6.07 Å². The standard InChI is InChI=1S/C13H13BrF3N3/c1-8(9-6-18-20(2)7-9)19-12-4-3-10(14)5-11(12)13(15,16)17/h3-8,19H,1-2H3. The molecular formula is C13H13BrF3N3. The maximum atomic E-state index is 13.0. The molecule has 1 N–H and O–H groups in total. The van der Waals surface area contributed by atoms with Gasteiger partial charge in [-0.25, -0.2) is 0 Å². The molecule has 0 aliphatic rings. The molecule has 108 valence electrons. The molecule has 0 radical (unpaired) electrons. The van der Waals surface area contributed by atoms with Gasteiger partial charge in [0.15, 0.2) is 0 Å². The molecule has 0 amide bonds. The third kappa shape index (κ3) is 3.33. The van der Waals surface area contributed by atoms with Crippen LogP contribution in [-0.4, -0.2) is 9.78 Å². The third-order valence-corrected chi connectivity index (χ3v) is 3.38. The van der Waals surface area contributed by atoms with Crippen LogP contribution in [0.3, 0.4) is 0 Å². The summed E-state index contributed by atoms with van der Waals surface area (Å²) in [6, 6.07) is 3.79. The zero-order valence-electron chi connectivity index (χ0n) is 10.9. The summed E-state index contributed by atoms with van der Waals surface area (Å²) in [7, 11) is 1.76. The summed E-state index contributed by atoms with van der Waals surface area (Å²) in [4.78, 5) is 0. The molecule has 3 nitrogen and oxygen atoms in total. The predicted octanol–water partition coefficient (Wildman–Crippen LogP) is 4.37. The zero-order chi connectivity index (χ0) is 14.9. The van der Waals surface area contributed by atoms with Gasteiger partial charge in [-0.15, -0.1) is 0 Å². The van der Waals surface area contributed by atoms with Crippen molar-refractivity contribution in [2.24, 2.45) is 7.05 Å². The van der Waals surface area contributed by atoms with E-state index in [4.69, 9.17) is 0 Å². The van der Waals surface area contributed by atoms with Crippen molar-refractivity contribution in [1.29, 1.82) is 0 Å². The fourth-order valence-corrected chi connectivity index (χ4v) is 2.22. The molecule has 0 spiro atoms. The first-order chi connectivity index (χ1) is 9.27. The first-order valence-corrected chi connectivity index (χ1v) is 6.68. The normalized spacial score (nSPS) is 13.3. The highest BCUT2D eigenvalue weighted by Crippen LogP contribution is 2.37. The average molecular weight is 348 g/mol. The Morgan fingerprint density at radius 3 is 2.60 bits per heavy atom.